The number of nitrogens with zero attached hydrogens (tertiary/aromatic N) is 3. The lowest BCUT2D eigenvalue weighted by atomic mass is 10.0. The number of hydrogen-bond acceptors (Lipinski definition) is 4. The van der Waals surface area contributed by atoms with E-state index in [0.29, 0.717) is 19.4 Å². The van der Waals surface area contributed by atoms with Crippen LogP contribution in [0.1, 0.15) is 52.0 Å². The third-order valence-electron chi connectivity index (χ3n) is 5.11. The van der Waals surface area contributed by atoms with E-state index >= 15 is 0 Å². The molecule has 1 aliphatic heterocycles. The highest BCUT2D eigenvalue weighted by Crippen LogP contribution is 2.19. The highest BCUT2D eigenvalue weighted by molar-refractivity contribution is 5.77. The van der Waals surface area contributed by atoms with Crippen molar-refractivity contribution in [1.82, 2.24) is 20.0 Å². The zero-order chi connectivity index (χ0) is 21.6. The lowest BCUT2D eigenvalue weighted by Crippen LogP contribution is -2.50. The van der Waals surface area contributed by atoms with Crippen molar-refractivity contribution in [3.63, 3.8) is 0 Å². The molecule has 1 atom stereocenters. The number of ether oxygens (including phenoxy) is 1. The Kier molecular flexibility index (Phi) is 7.13. The van der Waals surface area contributed by atoms with Gasteiger partial charge < -0.3 is 15.0 Å². The minimum atomic E-state index is -0.531. The molecule has 2 amide bonds. The van der Waals surface area contributed by atoms with Crippen molar-refractivity contribution >= 4 is 12.0 Å². The number of carbonyl (C=O) groups is 2. The lowest BCUT2D eigenvalue weighted by Gasteiger charge is -2.36. The summed E-state index contributed by atoms with van der Waals surface area (Å²) < 4.78 is 7.13. The van der Waals surface area contributed by atoms with Crippen molar-refractivity contribution in [1.29, 1.82) is 0 Å². The van der Waals surface area contributed by atoms with E-state index in [2.05, 4.69) is 10.4 Å². The number of likely N-dealkylation sites (tertiary alicyclic amines) is 1. The van der Waals surface area contributed by atoms with Crippen molar-refractivity contribution < 1.29 is 14.3 Å². The average molecular weight is 413 g/mol. The van der Waals surface area contributed by atoms with Crippen LogP contribution in [0.2, 0.25) is 0 Å². The monoisotopic (exact) mass is 412 g/mol. The Balaban J connectivity index is 1.52. The summed E-state index contributed by atoms with van der Waals surface area (Å²) in [6.07, 6.45) is 7.40. The first-order chi connectivity index (χ1) is 14.3. The van der Waals surface area contributed by atoms with E-state index < -0.39 is 11.7 Å². The van der Waals surface area contributed by atoms with Gasteiger partial charge in [0.1, 0.15) is 5.60 Å². The molecule has 3 rings (SSSR count). The highest BCUT2D eigenvalue weighted by atomic mass is 16.6. The fraction of sp³-hybridized carbons (Fsp3) is 0.522. The Labute approximate surface area is 178 Å². The van der Waals surface area contributed by atoms with Crippen LogP contribution in [0.25, 0.3) is 5.69 Å². The molecule has 7 nitrogen and oxygen atoms in total. The molecule has 30 heavy (non-hydrogen) atoms. The average Bonchev–Trinajstić information content (AvgIpc) is 3.19. The molecule has 2 aromatic rings. The third kappa shape index (κ3) is 6.34. The summed E-state index contributed by atoms with van der Waals surface area (Å²) in [5.74, 6) is 0.123. The molecule has 1 N–H and O–H groups in total. The van der Waals surface area contributed by atoms with Gasteiger partial charge in [0.25, 0.3) is 0 Å². The zero-order valence-corrected chi connectivity index (χ0v) is 18.1. The molecule has 0 spiro atoms. The maximum absolute atomic E-state index is 12.9. The zero-order valence-electron chi connectivity index (χ0n) is 18.1. The predicted octanol–water partition coefficient (Wildman–Crippen LogP) is 3.71. The molecule has 1 saturated heterocycles. The summed E-state index contributed by atoms with van der Waals surface area (Å²) in [7, 11) is 0. The molecule has 0 radical (unpaired) electrons. The van der Waals surface area contributed by atoms with E-state index in [0.717, 1.165) is 37.1 Å². The fourth-order valence-corrected chi connectivity index (χ4v) is 3.66. The molecule has 0 aliphatic carbocycles. The van der Waals surface area contributed by atoms with Crippen LogP contribution in [0.15, 0.2) is 42.7 Å². The molecule has 162 valence electrons. The van der Waals surface area contributed by atoms with E-state index in [-0.39, 0.29) is 11.9 Å². The molecule has 7 heteroatoms. The van der Waals surface area contributed by atoms with Gasteiger partial charge in [-0.05, 0) is 64.2 Å². The molecular formula is C23H32N4O3. The molecule has 1 aromatic carbocycles. The predicted molar refractivity (Wildman–Crippen MR) is 115 cm³/mol. The minimum Gasteiger partial charge on any atom is -0.444 e. The molecule has 1 aromatic heterocycles. The van der Waals surface area contributed by atoms with Crippen molar-refractivity contribution in [2.75, 3.05) is 13.1 Å². The summed E-state index contributed by atoms with van der Waals surface area (Å²) in [5, 5.41) is 7.22. The van der Waals surface area contributed by atoms with E-state index in [1.54, 1.807) is 0 Å². The topological polar surface area (TPSA) is 76.5 Å². The number of nitrogens with one attached hydrogen (secondary N) is 1. The number of para-hydroxylation sites is 1. The molecule has 0 saturated carbocycles. The van der Waals surface area contributed by atoms with E-state index in [1.807, 2.05) is 73.1 Å². The van der Waals surface area contributed by atoms with Crippen LogP contribution in [0.4, 0.5) is 4.79 Å². The van der Waals surface area contributed by atoms with Crippen LogP contribution < -0.4 is 5.32 Å². The van der Waals surface area contributed by atoms with Crippen LogP contribution >= 0.6 is 0 Å². The summed E-state index contributed by atoms with van der Waals surface area (Å²) in [6.45, 7) is 6.67. The Hall–Kier alpha value is -2.83. The Bertz CT molecular complexity index is 842. The number of benzene rings is 1. The third-order valence-corrected chi connectivity index (χ3v) is 5.11. The van der Waals surface area contributed by atoms with Crippen molar-refractivity contribution in [2.45, 2.75) is 64.5 Å². The summed E-state index contributed by atoms with van der Waals surface area (Å²) in [6, 6.07) is 9.94. The van der Waals surface area contributed by atoms with Crippen LogP contribution in [-0.2, 0) is 16.0 Å². The number of amides is 2. The number of piperidine rings is 1. The number of carbonyl (C=O) groups excluding carboxylic acids is 2. The van der Waals surface area contributed by atoms with E-state index in [9.17, 15) is 9.59 Å². The van der Waals surface area contributed by atoms with Gasteiger partial charge in [-0.25, -0.2) is 9.48 Å². The second kappa shape index (κ2) is 9.78. The summed E-state index contributed by atoms with van der Waals surface area (Å²) >= 11 is 0. The Morgan fingerprint density at radius 2 is 1.97 bits per heavy atom. The smallest absolute Gasteiger partial charge is 0.407 e. The maximum Gasteiger partial charge on any atom is 0.407 e. The molecular weight excluding hydrogens is 380 g/mol. The minimum absolute atomic E-state index is 0.0193. The van der Waals surface area contributed by atoms with Gasteiger partial charge in [-0.3, -0.25) is 4.79 Å². The first-order valence-electron chi connectivity index (χ1n) is 10.7. The number of hydrogen-bond donors (Lipinski definition) is 1. The summed E-state index contributed by atoms with van der Waals surface area (Å²) in [5.41, 5.74) is 1.50. The normalized spacial score (nSPS) is 16.9. The van der Waals surface area contributed by atoms with Gasteiger partial charge in [0, 0.05) is 31.7 Å². The second-order valence-electron chi connectivity index (χ2n) is 8.75. The van der Waals surface area contributed by atoms with Gasteiger partial charge in [0.2, 0.25) is 5.91 Å². The van der Waals surface area contributed by atoms with Gasteiger partial charge in [0.15, 0.2) is 0 Å². The van der Waals surface area contributed by atoms with Crippen LogP contribution in [0.5, 0.6) is 0 Å². The van der Waals surface area contributed by atoms with Gasteiger partial charge in [-0.1, -0.05) is 18.2 Å². The number of alkyl carbamates (subject to hydrolysis) is 1. The van der Waals surface area contributed by atoms with E-state index in [1.165, 1.54) is 0 Å². The van der Waals surface area contributed by atoms with Crippen LogP contribution in [0.3, 0.4) is 0 Å². The number of rotatable bonds is 6. The number of aromatic nitrogens is 2. The molecule has 1 fully saturated rings. The first kappa shape index (κ1) is 21.9. The quantitative estimate of drug-likeness (QED) is 0.785. The Morgan fingerprint density at radius 1 is 1.20 bits per heavy atom. The second-order valence-corrected chi connectivity index (χ2v) is 8.75. The maximum atomic E-state index is 12.9. The van der Waals surface area contributed by atoms with E-state index in [4.69, 9.17) is 4.74 Å². The lowest BCUT2D eigenvalue weighted by molar-refractivity contribution is -0.134. The van der Waals surface area contributed by atoms with Crippen molar-refractivity contribution in [2.24, 2.45) is 0 Å². The van der Waals surface area contributed by atoms with Crippen molar-refractivity contribution in [3.05, 3.63) is 48.3 Å². The summed E-state index contributed by atoms with van der Waals surface area (Å²) in [4.78, 5) is 26.8. The highest BCUT2D eigenvalue weighted by Gasteiger charge is 2.27. The van der Waals surface area contributed by atoms with Crippen LogP contribution in [0, 0.1) is 0 Å². The standard InChI is InChI=1S/C23H32N4O3/c1-23(2,3)30-22(29)24-16-20-11-7-8-14-26(20)21(28)13-12-18-15-25-27(17-18)19-9-5-4-6-10-19/h4-6,9-10,15,17,20H,7-8,11-14,16H2,1-3H3,(H,24,29). The van der Waals surface area contributed by atoms with Gasteiger partial charge >= 0.3 is 6.09 Å². The molecule has 1 aliphatic rings. The van der Waals surface area contributed by atoms with Gasteiger partial charge in [0.05, 0.1) is 11.9 Å². The largest absolute Gasteiger partial charge is 0.444 e. The number of aryl methyl sites for hydroxylation is 1. The van der Waals surface area contributed by atoms with Crippen molar-refractivity contribution in [3.8, 4) is 5.69 Å². The van der Waals surface area contributed by atoms with Crippen LogP contribution in [-0.4, -0.2) is 51.4 Å². The van der Waals surface area contributed by atoms with Gasteiger partial charge in [-0.2, -0.15) is 5.10 Å². The fourth-order valence-electron chi connectivity index (χ4n) is 3.66. The molecule has 0 bridgehead atoms. The molecule has 2 heterocycles. The Morgan fingerprint density at radius 3 is 2.70 bits per heavy atom. The first-order valence-corrected chi connectivity index (χ1v) is 10.7. The van der Waals surface area contributed by atoms with Gasteiger partial charge in [-0.15, -0.1) is 0 Å². The molecule has 1 unspecified atom stereocenters. The SMILES string of the molecule is CC(C)(C)OC(=O)NCC1CCCCN1C(=O)CCc1cnn(-c2ccccc2)c1.